The first-order valence-electron chi connectivity index (χ1n) is 7.26. The maximum absolute atomic E-state index is 12.9. The molecule has 114 valence electrons. The maximum Gasteiger partial charge on any atom is 0.300 e. The van der Waals surface area contributed by atoms with E-state index in [-0.39, 0.29) is 0 Å². The van der Waals surface area contributed by atoms with Gasteiger partial charge in [-0.3, -0.25) is 4.79 Å². The summed E-state index contributed by atoms with van der Waals surface area (Å²) in [7, 11) is 1.53. The number of fused-ring (bicyclic) bond motifs is 3. The molecule has 3 aromatic carbocycles. The quantitative estimate of drug-likeness (QED) is 0.789. The minimum absolute atomic E-state index is 0.349. The van der Waals surface area contributed by atoms with Gasteiger partial charge in [0.05, 0.1) is 12.7 Å². The summed E-state index contributed by atoms with van der Waals surface area (Å²) >= 11 is 0. The fraction of sp³-hybridized carbons (Fsp3) is 0.105. The van der Waals surface area contributed by atoms with Crippen molar-refractivity contribution in [2.75, 3.05) is 7.11 Å². The van der Waals surface area contributed by atoms with E-state index in [0.717, 1.165) is 10.8 Å². The summed E-state index contributed by atoms with van der Waals surface area (Å²) in [6.45, 7) is 0. The van der Waals surface area contributed by atoms with Gasteiger partial charge in [0, 0.05) is 5.56 Å². The zero-order chi connectivity index (χ0) is 16.0. The molecule has 0 fully saturated rings. The van der Waals surface area contributed by atoms with Gasteiger partial charge in [0.2, 0.25) is 5.78 Å². The van der Waals surface area contributed by atoms with Gasteiger partial charge in [0.1, 0.15) is 11.5 Å². The van der Waals surface area contributed by atoms with E-state index in [1.54, 1.807) is 30.3 Å². The second kappa shape index (κ2) is 4.83. The summed E-state index contributed by atoms with van der Waals surface area (Å²) in [5, 5.41) is 12.6. The Morgan fingerprint density at radius 3 is 2.70 bits per heavy atom. The summed E-state index contributed by atoms with van der Waals surface area (Å²) in [6.07, 6.45) is 0. The lowest BCUT2D eigenvalue weighted by Crippen LogP contribution is -2.36. The summed E-state index contributed by atoms with van der Waals surface area (Å²) in [4.78, 5) is 12.9. The molecule has 1 aliphatic rings. The first-order valence-corrected chi connectivity index (χ1v) is 7.26. The van der Waals surface area contributed by atoms with Gasteiger partial charge in [0.25, 0.3) is 5.79 Å². The topological polar surface area (TPSA) is 55.8 Å². The highest BCUT2D eigenvalue weighted by Gasteiger charge is 2.49. The van der Waals surface area contributed by atoms with Crippen LogP contribution in [-0.4, -0.2) is 18.0 Å². The van der Waals surface area contributed by atoms with Crippen molar-refractivity contribution in [3.8, 4) is 11.5 Å². The third-order valence-electron chi connectivity index (χ3n) is 4.14. The summed E-state index contributed by atoms with van der Waals surface area (Å²) in [6, 6.07) is 17.8. The standard InChI is InChI=1S/C19H14O4/c1-22-14-7-4-6-13(11-14)19(21)18(20)17-15-8-3-2-5-12(15)9-10-16(17)23-19/h2-11,21H,1H3. The molecule has 1 heterocycles. The molecule has 0 radical (unpaired) electrons. The molecular weight excluding hydrogens is 292 g/mol. The minimum Gasteiger partial charge on any atom is -0.497 e. The lowest BCUT2D eigenvalue weighted by molar-refractivity contribution is -0.0960. The van der Waals surface area contributed by atoms with Crippen LogP contribution in [0, 0.1) is 0 Å². The Kier molecular flexibility index (Phi) is 2.89. The van der Waals surface area contributed by atoms with Crippen LogP contribution in [0.15, 0.2) is 60.7 Å². The molecule has 4 nitrogen and oxygen atoms in total. The van der Waals surface area contributed by atoms with E-state index >= 15 is 0 Å². The molecule has 0 bridgehead atoms. The molecular formula is C19H14O4. The van der Waals surface area contributed by atoms with E-state index < -0.39 is 11.6 Å². The second-order valence-corrected chi connectivity index (χ2v) is 5.47. The average molecular weight is 306 g/mol. The lowest BCUT2D eigenvalue weighted by Gasteiger charge is -2.21. The summed E-state index contributed by atoms with van der Waals surface area (Å²) < 4.78 is 10.8. The molecule has 1 N–H and O–H groups in total. The molecule has 1 unspecified atom stereocenters. The van der Waals surface area contributed by atoms with Crippen LogP contribution in [0.5, 0.6) is 11.5 Å². The van der Waals surface area contributed by atoms with Crippen molar-refractivity contribution in [1.82, 2.24) is 0 Å². The van der Waals surface area contributed by atoms with E-state index in [1.807, 2.05) is 30.3 Å². The molecule has 0 aliphatic carbocycles. The molecule has 0 saturated heterocycles. The smallest absolute Gasteiger partial charge is 0.300 e. The molecule has 0 saturated carbocycles. The predicted octanol–water partition coefficient (Wildman–Crippen LogP) is 3.27. The molecule has 0 amide bonds. The number of carbonyl (C=O) groups is 1. The third kappa shape index (κ3) is 1.92. The molecule has 0 spiro atoms. The first kappa shape index (κ1) is 13.8. The Labute approximate surface area is 132 Å². The van der Waals surface area contributed by atoms with Crippen LogP contribution < -0.4 is 9.47 Å². The van der Waals surface area contributed by atoms with Crippen molar-refractivity contribution in [3.63, 3.8) is 0 Å². The van der Waals surface area contributed by atoms with Crippen LogP contribution in [0.3, 0.4) is 0 Å². The van der Waals surface area contributed by atoms with Crippen LogP contribution in [0.25, 0.3) is 10.8 Å². The number of Topliss-reactive ketones (excluding diaryl/α,β-unsaturated/α-hetero) is 1. The number of aliphatic hydroxyl groups is 1. The van der Waals surface area contributed by atoms with Crippen LogP contribution in [0.1, 0.15) is 15.9 Å². The van der Waals surface area contributed by atoms with Crippen molar-refractivity contribution in [2.24, 2.45) is 0 Å². The number of benzene rings is 3. The lowest BCUT2D eigenvalue weighted by atomic mass is 9.95. The van der Waals surface area contributed by atoms with Gasteiger partial charge in [0.15, 0.2) is 0 Å². The number of hydrogen-bond acceptors (Lipinski definition) is 4. The highest BCUT2D eigenvalue weighted by Crippen LogP contribution is 2.43. The maximum atomic E-state index is 12.9. The van der Waals surface area contributed by atoms with Crippen molar-refractivity contribution < 1.29 is 19.4 Å². The molecule has 4 rings (SSSR count). The first-order chi connectivity index (χ1) is 11.1. The normalized spacial score (nSPS) is 19.5. The average Bonchev–Trinajstić information content (AvgIpc) is 2.87. The van der Waals surface area contributed by atoms with Crippen molar-refractivity contribution in [3.05, 3.63) is 71.8 Å². The Balaban J connectivity index is 1.90. The molecule has 3 aromatic rings. The Morgan fingerprint density at radius 1 is 1.04 bits per heavy atom. The number of methoxy groups -OCH3 is 1. The van der Waals surface area contributed by atoms with E-state index in [1.165, 1.54) is 7.11 Å². The Morgan fingerprint density at radius 2 is 1.87 bits per heavy atom. The van der Waals surface area contributed by atoms with Crippen molar-refractivity contribution >= 4 is 16.6 Å². The summed E-state index contributed by atoms with van der Waals surface area (Å²) in [5.41, 5.74) is 0.760. The highest BCUT2D eigenvalue weighted by atomic mass is 16.6. The van der Waals surface area contributed by atoms with Crippen molar-refractivity contribution in [1.29, 1.82) is 0 Å². The van der Waals surface area contributed by atoms with Gasteiger partial charge in [-0.2, -0.15) is 0 Å². The zero-order valence-corrected chi connectivity index (χ0v) is 12.4. The van der Waals surface area contributed by atoms with Crippen LogP contribution in [0.2, 0.25) is 0 Å². The van der Waals surface area contributed by atoms with Gasteiger partial charge in [-0.25, -0.2) is 0 Å². The highest BCUT2D eigenvalue weighted by molar-refractivity contribution is 6.15. The third-order valence-corrected chi connectivity index (χ3v) is 4.14. The monoisotopic (exact) mass is 306 g/mol. The predicted molar refractivity (Wildman–Crippen MR) is 85.8 cm³/mol. The van der Waals surface area contributed by atoms with Gasteiger partial charge < -0.3 is 14.6 Å². The minimum atomic E-state index is -2.03. The van der Waals surface area contributed by atoms with E-state index in [4.69, 9.17) is 9.47 Å². The van der Waals surface area contributed by atoms with E-state index in [9.17, 15) is 9.90 Å². The van der Waals surface area contributed by atoms with Gasteiger partial charge >= 0.3 is 0 Å². The molecule has 4 heteroatoms. The van der Waals surface area contributed by atoms with Crippen molar-refractivity contribution in [2.45, 2.75) is 5.79 Å². The largest absolute Gasteiger partial charge is 0.497 e. The van der Waals surface area contributed by atoms with Gasteiger partial charge in [-0.1, -0.05) is 42.5 Å². The fourth-order valence-corrected chi connectivity index (χ4v) is 2.97. The number of ether oxygens (including phenoxy) is 2. The SMILES string of the molecule is COc1cccc(C2(O)Oc3ccc4ccccc4c3C2=O)c1. The van der Waals surface area contributed by atoms with Gasteiger partial charge in [-0.15, -0.1) is 0 Å². The van der Waals surface area contributed by atoms with E-state index in [0.29, 0.717) is 22.6 Å². The number of hydrogen-bond donors (Lipinski definition) is 1. The Hall–Kier alpha value is -2.85. The van der Waals surface area contributed by atoms with Crippen LogP contribution in [-0.2, 0) is 5.79 Å². The summed E-state index contributed by atoms with van der Waals surface area (Å²) in [5.74, 6) is -1.55. The Bertz CT molecular complexity index is 932. The molecule has 0 aromatic heterocycles. The van der Waals surface area contributed by atoms with Gasteiger partial charge in [-0.05, 0) is 29.0 Å². The zero-order valence-electron chi connectivity index (χ0n) is 12.4. The number of carbonyl (C=O) groups excluding carboxylic acids is 1. The fourth-order valence-electron chi connectivity index (χ4n) is 2.97. The van der Waals surface area contributed by atoms with Crippen LogP contribution >= 0.6 is 0 Å². The van der Waals surface area contributed by atoms with E-state index in [2.05, 4.69) is 0 Å². The number of rotatable bonds is 2. The number of ketones is 1. The molecule has 1 aliphatic heterocycles. The molecule has 23 heavy (non-hydrogen) atoms. The second-order valence-electron chi connectivity index (χ2n) is 5.47. The van der Waals surface area contributed by atoms with Crippen LogP contribution in [0.4, 0.5) is 0 Å². The molecule has 1 atom stereocenters.